The van der Waals surface area contributed by atoms with Crippen LogP contribution >= 0.6 is 0 Å². The van der Waals surface area contributed by atoms with Crippen molar-refractivity contribution >= 4 is 16.7 Å². The van der Waals surface area contributed by atoms with Crippen LogP contribution in [0.5, 0.6) is 5.75 Å². The fourth-order valence-electron chi connectivity index (χ4n) is 5.74. The molecule has 1 spiro atoms. The summed E-state index contributed by atoms with van der Waals surface area (Å²) in [7, 11) is 1.75. The number of fused-ring (bicyclic) bond motifs is 1. The number of aliphatic carboxylic acids is 1. The highest BCUT2D eigenvalue weighted by molar-refractivity contribution is 5.99. The van der Waals surface area contributed by atoms with Gasteiger partial charge in [-0.1, -0.05) is 48.5 Å². The number of carboxylic acid groups (broad SMARTS) is 1. The fourth-order valence-corrected chi connectivity index (χ4v) is 5.74. The van der Waals surface area contributed by atoms with Crippen LogP contribution in [-0.4, -0.2) is 35.2 Å². The van der Waals surface area contributed by atoms with E-state index in [1.54, 1.807) is 7.11 Å². The average Bonchev–Trinajstić information content (AvgIpc) is 3.21. The van der Waals surface area contributed by atoms with Gasteiger partial charge in [-0.05, 0) is 78.6 Å². The van der Waals surface area contributed by atoms with Gasteiger partial charge in [0.2, 0.25) is 0 Å². The normalized spacial score (nSPS) is 17.5. The van der Waals surface area contributed by atoms with Crippen molar-refractivity contribution in [1.29, 1.82) is 0 Å². The molecular weight excluding hydrogens is 398 g/mol. The Morgan fingerprint density at radius 3 is 2.53 bits per heavy atom. The second-order valence-corrected chi connectivity index (χ2v) is 9.35. The van der Waals surface area contributed by atoms with Crippen LogP contribution in [-0.2, 0) is 17.8 Å². The lowest BCUT2D eigenvalue weighted by Gasteiger charge is -2.46. The average molecular weight is 430 g/mol. The van der Waals surface area contributed by atoms with E-state index in [9.17, 15) is 4.79 Å². The van der Waals surface area contributed by atoms with Crippen LogP contribution in [0.15, 0.2) is 54.6 Å². The molecule has 1 aliphatic carbocycles. The standard InChI is InChI=1S/C28H31NO3/c1-32-26-18-20(19-29-17-5-16-28(29)14-4-15-28)10-12-25(26)24-9-3-7-22-21(11-13-27(30)31)6-2-8-23(22)24/h2-3,6-10,12,18H,4-5,11,13-17,19H2,1H3,(H,30,31). The lowest BCUT2D eigenvalue weighted by molar-refractivity contribution is -0.136. The summed E-state index contributed by atoms with van der Waals surface area (Å²) in [4.78, 5) is 13.8. The Bertz CT molecular complexity index is 1150. The third kappa shape index (κ3) is 3.77. The van der Waals surface area contributed by atoms with Gasteiger partial charge in [0, 0.05) is 24.1 Å². The molecule has 0 aromatic heterocycles. The number of nitrogens with zero attached hydrogens (tertiary/aromatic N) is 1. The molecule has 32 heavy (non-hydrogen) atoms. The molecule has 0 unspecified atom stereocenters. The minimum atomic E-state index is -0.767. The molecule has 4 nitrogen and oxygen atoms in total. The summed E-state index contributed by atoms with van der Waals surface area (Å²) in [6.45, 7) is 2.19. The fraction of sp³-hybridized carbons (Fsp3) is 0.393. The van der Waals surface area contributed by atoms with Gasteiger partial charge in [-0.25, -0.2) is 0 Å². The number of carboxylic acids is 1. The molecule has 0 bridgehead atoms. The Morgan fingerprint density at radius 1 is 1.00 bits per heavy atom. The van der Waals surface area contributed by atoms with Crippen LogP contribution in [0.25, 0.3) is 21.9 Å². The molecule has 166 valence electrons. The molecule has 1 N–H and O–H groups in total. The number of ether oxygens (including phenoxy) is 1. The highest BCUT2D eigenvalue weighted by Crippen LogP contribution is 2.46. The molecule has 1 saturated carbocycles. The summed E-state index contributed by atoms with van der Waals surface area (Å²) in [6, 6.07) is 19.1. The third-order valence-electron chi connectivity index (χ3n) is 7.58. The lowest BCUT2D eigenvalue weighted by atomic mass is 9.75. The van der Waals surface area contributed by atoms with Crippen molar-refractivity contribution in [1.82, 2.24) is 4.90 Å². The van der Waals surface area contributed by atoms with Crippen molar-refractivity contribution in [2.24, 2.45) is 0 Å². The smallest absolute Gasteiger partial charge is 0.303 e. The van der Waals surface area contributed by atoms with Gasteiger partial charge in [0.1, 0.15) is 5.75 Å². The van der Waals surface area contributed by atoms with Crippen LogP contribution < -0.4 is 4.74 Å². The van der Waals surface area contributed by atoms with Crippen LogP contribution in [0.3, 0.4) is 0 Å². The van der Waals surface area contributed by atoms with E-state index >= 15 is 0 Å². The molecule has 5 rings (SSSR count). The number of hydrogen-bond donors (Lipinski definition) is 1. The van der Waals surface area contributed by atoms with Gasteiger partial charge >= 0.3 is 5.97 Å². The van der Waals surface area contributed by atoms with Crippen molar-refractivity contribution in [3.05, 3.63) is 65.7 Å². The molecule has 3 aromatic rings. The van der Waals surface area contributed by atoms with Crippen molar-refractivity contribution < 1.29 is 14.6 Å². The van der Waals surface area contributed by atoms with Crippen LogP contribution in [0.1, 0.15) is 49.7 Å². The maximum absolute atomic E-state index is 11.1. The van der Waals surface area contributed by atoms with Gasteiger partial charge in [0.05, 0.1) is 7.11 Å². The SMILES string of the molecule is COc1cc(CN2CCCC23CCC3)ccc1-c1cccc2c(CCC(=O)O)cccc12. The number of methoxy groups -OCH3 is 1. The molecule has 0 atom stereocenters. The largest absolute Gasteiger partial charge is 0.496 e. The van der Waals surface area contributed by atoms with Gasteiger partial charge in [-0.2, -0.15) is 0 Å². The predicted octanol–water partition coefficient (Wildman–Crippen LogP) is 6.05. The molecule has 2 aliphatic rings. The Morgan fingerprint density at radius 2 is 1.78 bits per heavy atom. The molecular formula is C28H31NO3. The molecule has 1 heterocycles. The number of carbonyl (C=O) groups is 1. The minimum Gasteiger partial charge on any atom is -0.496 e. The third-order valence-corrected chi connectivity index (χ3v) is 7.58. The summed E-state index contributed by atoms with van der Waals surface area (Å²) in [5, 5.41) is 11.4. The van der Waals surface area contributed by atoms with E-state index in [4.69, 9.17) is 9.84 Å². The van der Waals surface area contributed by atoms with E-state index in [0.29, 0.717) is 12.0 Å². The van der Waals surface area contributed by atoms with Gasteiger partial charge in [0.25, 0.3) is 0 Å². The van der Waals surface area contributed by atoms with Gasteiger partial charge in [0.15, 0.2) is 0 Å². The summed E-state index contributed by atoms with van der Waals surface area (Å²) in [5.41, 5.74) is 5.05. The first kappa shape index (κ1) is 21.0. The first-order valence-electron chi connectivity index (χ1n) is 11.7. The number of hydrogen-bond acceptors (Lipinski definition) is 3. The molecule has 2 fully saturated rings. The Labute approximate surface area is 189 Å². The first-order valence-corrected chi connectivity index (χ1v) is 11.7. The monoisotopic (exact) mass is 429 g/mol. The van der Waals surface area contributed by atoms with Crippen molar-refractivity contribution in [2.75, 3.05) is 13.7 Å². The molecule has 4 heteroatoms. The Hall–Kier alpha value is -2.85. The number of benzene rings is 3. The Kier molecular flexibility index (Phi) is 5.64. The number of rotatable bonds is 7. The first-order chi connectivity index (χ1) is 15.6. The van der Waals surface area contributed by atoms with E-state index in [0.717, 1.165) is 39.8 Å². The lowest BCUT2D eigenvalue weighted by Crippen LogP contribution is -2.48. The van der Waals surface area contributed by atoms with E-state index in [1.165, 1.54) is 44.2 Å². The quantitative estimate of drug-likeness (QED) is 0.497. The minimum absolute atomic E-state index is 0.138. The predicted molar refractivity (Wildman–Crippen MR) is 128 cm³/mol. The molecule has 1 saturated heterocycles. The maximum Gasteiger partial charge on any atom is 0.303 e. The maximum atomic E-state index is 11.1. The van der Waals surface area contributed by atoms with Gasteiger partial charge in [-0.15, -0.1) is 0 Å². The summed E-state index contributed by atoms with van der Waals surface area (Å²) >= 11 is 0. The van der Waals surface area contributed by atoms with Crippen molar-refractivity contribution in [2.45, 2.75) is 57.0 Å². The molecule has 3 aromatic carbocycles. The Balaban J connectivity index is 1.48. The second-order valence-electron chi connectivity index (χ2n) is 9.35. The van der Waals surface area contributed by atoms with E-state index in [-0.39, 0.29) is 6.42 Å². The summed E-state index contributed by atoms with van der Waals surface area (Å²) in [6.07, 6.45) is 7.40. The number of likely N-dealkylation sites (tertiary alicyclic amines) is 1. The highest BCUT2D eigenvalue weighted by atomic mass is 16.5. The molecule has 0 amide bonds. The zero-order chi connectivity index (χ0) is 22.1. The van der Waals surface area contributed by atoms with Crippen LogP contribution in [0, 0.1) is 0 Å². The van der Waals surface area contributed by atoms with E-state index in [1.807, 2.05) is 12.1 Å². The van der Waals surface area contributed by atoms with Crippen molar-refractivity contribution in [3.63, 3.8) is 0 Å². The van der Waals surface area contributed by atoms with Gasteiger partial charge in [-0.3, -0.25) is 9.69 Å². The van der Waals surface area contributed by atoms with Gasteiger partial charge < -0.3 is 9.84 Å². The topological polar surface area (TPSA) is 49.8 Å². The van der Waals surface area contributed by atoms with Crippen LogP contribution in [0.2, 0.25) is 0 Å². The van der Waals surface area contributed by atoms with Crippen LogP contribution in [0.4, 0.5) is 0 Å². The summed E-state index contributed by atoms with van der Waals surface area (Å²) < 4.78 is 5.86. The van der Waals surface area contributed by atoms with Crippen molar-refractivity contribution in [3.8, 4) is 16.9 Å². The molecule has 0 radical (unpaired) electrons. The van der Waals surface area contributed by atoms with E-state index < -0.39 is 5.97 Å². The zero-order valence-electron chi connectivity index (χ0n) is 18.8. The summed E-state index contributed by atoms with van der Waals surface area (Å²) in [5.74, 6) is 0.130. The highest BCUT2D eigenvalue weighted by Gasteiger charge is 2.45. The second kappa shape index (κ2) is 8.59. The molecule has 1 aliphatic heterocycles. The number of aryl methyl sites for hydroxylation is 1. The zero-order valence-corrected chi connectivity index (χ0v) is 18.8. The van der Waals surface area contributed by atoms with E-state index in [2.05, 4.69) is 47.4 Å².